The van der Waals surface area contributed by atoms with Crippen molar-refractivity contribution in [1.29, 1.82) is 0 Å². The number of anilines is 3. The van der Waals surface area contributed by atoms with Crippen molar-refractivity contribution in [1.82, 2.24) is 9.97 Å². The molecule has 1 aromatic heterocycles. The minimum absolute atomic E-state index is 0.219. The highest BCUT2D eigenvalue weighted by molar-refractivity contribution is 6.36. The Morgan fingerprint density at radius 3 is 2.68 bits per heavy atom. The number of halogens is 2. The molecule has 1 heterocycles. The van der Waals surface area contributed by atoms with Gasteiger partial charge in [0.25, 0.3) is 5.91 Å². The van der Waals surface area contributed by atoms with E-state index in [0.717, 1.165) is 11.3 Å². The molecular formula is C18H14Cl2N4O. The fourth-order valence-corrected chi connectivity index (χ4v) is 2.63. The molecule has 0 aliphatic carbocycles. The average molecular weight is 373 g/mol. The number of amides is 1. The first-order valence-electron chi connectivity index (χ1n) is 7.44. The maximum atomic E-state index is 12.4. The summed E-state index contributed by atoms with van der Waals surface area (Å²) in [5.41, 5.74) is 2.63. The summed E-state index contributed by atoms with van der Waals surface area (Å²) in [6.07, 6.45) is 1.52. The van der Waals surface area contributed by atoms with E-state index in [9.17, 15) is 4.79 Å². The van der Waals surface area contributed by atoms with E-state index in [1.807, 2.05) is 31.2 Å². The number of nitrogens with one attached hydrogen (secondary N) is 2. The van der Waals surface area contributed by atoms with Crippen molar-refractivity contribution in [3.05, 3.63) is 76.0 Å². The molecule has 0 unspecified atom stereocenters. The van der Waals surface area contributed by atoms with Crippen molar-refractivity contribution >= 4 is 46.4 Å². The topological polar surface area (TPSA) is 66.9 Å². The highest BCUT2D eigenvalue weighted by Gasteiger charge is 2.11. The summed E-state index contributed by atoms with van der Waals surface area (Å²) in [4.78, 5) is 20.8. The maximum Gasteiger partial charge on any atom is 0.274 e. The summed E-state index contributed by atoms with van der Waals surface area (Å²) < 4.78 is 0. The Hall–Kier alpha value is -2.63. The molecule has 3 aromatic rings. The van der Waals surface area contributed by atoms with Crippen LogP contribution in [0.25, 0.3) is 0 Å². The van der Waals surface area contributed by atoms with Gasteiger partial charge in [-0.1, -0.05) is 35.3 Å². The van der Waals surface area contributed by atoms with Crippen LogP contribution in [0.4, 0.5) is 17.3 Å². The first-order valence-corrected chi connectivity index (χ1v) is 8.20. The summed E-state index contributed by atoms with van der Waals surface area (Å²) in [5.74, 6) is -0.0561. The first-order chi connectivity index (χ1) is 12.0. The standard InChI is InChI=1S/C18H14Cl2N4O/c1-11-3-2-4-13(9-11)22-18-21-8-7-16(24-18)17(25)23-15-6-5-12(19)10-14(15)20/h2-10H,1H3,(H,23,25)(H,21,22,24). The van der Waals surface area contributed by atoms with Gasteiger partial charge in [-0.25, -0.2) is 9.97 Å². The SMILES string of the molecule is Cc1cccc(Nc2nccc(C(=O)Nc3ccc(Cl)cc3Cl)n2)c1. The molecule has 0 saturated carbocycles. The summed E-state index contributed by atoms with van der Waals surface area (Å²) in [7, 11) is 0. The van der Waals surface area contributed by atoms with Gasteiger partial charge in [0.2, 0.25) is 5.95 Å². The van der Waals surface area contributed by atoms with E-state index in [0.29, 0.717) is 21.7 Å². The van der Waals surface area contributed by atoms with E-state index in [-0.39, 0.29) is 11.6 Å². The average Bonchev–Trinajstić information content (AvgIpc) is 2.57. The Kier molecular flexibility index (Phi) is 5.16. The third-order valence-corrected chi connectivity index (χ3v) is 3.89. The second-order valence-corrected chi connectivity index (χ2v) is 6.18. The molecular weight excluding hydrogens is 359 g/mol. The molecule has 3 rings (SSSR count). The van der Waals surface area contributed by atoms with Crippen LogP contribution in [-0.2, 0) is 0 Å². The normalized spacial score (nSPS) is 10.4. The lowest BCUT2D eigenvalue weighted by Gasteiger charge is -2.09. The molecule has 0 bridgehead atoms. The van der Waals surface area contributed by atoms with Crippen molar-refractivity contribution in [2.45, 2.75) is 6.92 Å². The van der Waals surface area contributed by atoms with Gasteiger partial charge in [0.1, 0.15) is 5.69 Å². The number of benzene rings is 2. The van der Waals surface area contributed by atoms with Crippen LogP contribution >= 0.6 is 23.2 Å². The van der Waals surface area contributed by atoms with Crippen LogP contribution in [0.5, 0.6) is 0 Å². The largest absolute Gasteiger partial charge is 0.324 e. The molecule has 2 aromatic carbocycles. The zero-order valence-corrected chi connectivity index (χ0v) is 14.8. The molecule has 0 aliphatic heterocycles. The van der Waals surface area contributed by atoms with Crippen LogP contribution in [0.1, 0.15) is 16.1 Å². The van der Waals surface area contributed by atoms with Crippen LogP contribution in [0.3, 0.4) is 0 Å². The molecule has 7 heteroatoms. The van der Waals surface area contributed by atoms with E-state index >= 15 is 0 Å². The molecule has 126 valence electrons. The van der Waals surface area contributed by atoms with Crippen LogP contribution in [0.15, 0.2) is 54.7 Å². The number of aromatic nitrogens is 2. The Balaban J connectivity index is 1.77. The molecule has 0 radical (unpaired) electrons. The molecule has 0 spiro atoms. The zero-order chi connectivity index (χ0) is 17.8. The predicted octanol–water partition coefficient (Wildman–Crippen LogP) is 5.09. The van der Waals surface area contributed by atoms with Crippen LogP contribution in [-0.4, -0.2) is 15.9 Å². The molecule has 0 atom stereocenters. The van der Waals surface area contributed by atoms with Gasteiger partial charge in [-0.3, -0.25) is 4.79 Å². The first kappa shape index (κ1) is 17.2. The lowest BCUT2D eigenvalue weighted by Crippen LogP contribution is -2.15. The van der Waals surface area contributed by atoms with Gasteiger partial charge in [-0.2, -0.15) is 0 Å². The van der Waals surface area contributed by atoms with E-state index < -0.39 is 0 Å². The van der Waals surface area contributed by atoms with Crippen LogP contribution in [0.2, 0.25) is 10.0 Å². The molecule has 0 fully saturated rings. The Labute approximate surface area is 155 Å². The number of nitrogens with zero attached hydrogens (tertiary/aromatic N) is 2. The van der Waals surface area contributed by atoms with E-state index in [2.05, 4.69) is 20.6 Å². The number of hydrogen-bond acceptors (Lipinski definition) is 4. The van der Waals surface area contributed by atoms with Crippen molar-refractivity contribution in [2.75, 3.05) is 10.6 Å². The van der Waals surface area contributed by atoms with Gasteiger partial charge < -0.3 is 10.6 Å². The predicted molar refractivity (Wildman–Crippen MR) is 101 cm³/mol. The molecule has 0 saturated heterocycles. The minimum atomic E-state index is -0.390. The monoisotopic (exact) mass is 372 g/mol. The van der Waals surface area contributed by atoms with Crippen molar-refractivity contribution in [2.24, 2.45) is 0 Å². The van der Waals surface area contributed by atoms with Gasteiger partial charge in [0.05, 0.1) is 10.7 Å². The van der Waals surface area contributed by atoms with Crippen molar-refractivity contribution in [3.8, 4) is 0 Å². The van der Waals surface area contributed by atoms with Crippen LogP contribution in [0, 0.1) is 6.92 Å². The number of carbonyl (C=O) groups excluding carboxylic acids is 1. The lowest BCUT2D eigenvalue weighted by atomic mass is 10.2. The zero-order valence-electron chi connectivity index (χ0n) is 13.3. The number of carbonyl (C=O) groups is 1. The van der Waals surface area contributed by atoms with E-state index in [1.165, 1.54) is 12.3 Å². The van der Waals surface area contributed by atoms with Gasteiger partial charge >= 0.3 is 0 Å². The third kappa shape index (κ3) is 4.47. The van der Waals surface area contributed by atoms with Gasteiger partial charge in [0.15, 0.2) is 0 Å². The summed E-state index contributed by atoms with van der Waals surface area (Å²) >= 11 is 11.9. The summed E-state index contributed by atoms with van der Waals surface area (Å²) in [5, 5.41) is 6.63. The summed E-state index contributed by atoms with van der Waals surface area (Å²) in [6, 6.07) is 14.1. The smallest absolute Gasteiger partial charge is 0.274 e. The second-order valence-electron chi connectivity index (χ2n) is 5.34. The Bertz CT molecular complexity index is 930. The fraction of sp³-hybridized carbons (Fsp3) is 0.0556. The molecule has 2 N–H and O–H groups in total. The number of hydrogen-bond donors (Lipinski definition) is 2. The number of aryl methyl sites for hydroxylation is 1. The van der Waals surface area contributed by atoms with E-state index in [1.54, 1.807) is 18.2 Å². The van der Waals surface area contributed by atoms with Gasteiger partial charge in [-0.05, 0) is 48.9 Å². The van der Waals surface area contributed by atoms with Gasteiger partial charge in [-0.15, -0.1) is 0 Å². The highest BCUT2D eigenvalue weighted by atomic mass is 35.5. The molecule has 25 heavy (non-hydrogen) atoms. The van der Waals surface area contributed by atoms with Crippen LogP contribution < -0.4 is 10.6 Å². The molecule has 0 aliphatic rings. The number of rotatable bonds is 4. The Morgan fingerprint density at radius 2 is 1.92 bits per heavy atom. The molecule has 1 amide bonds. The summed E-state index contributed by atoms with van der Waals surface area (Å²) in [6.45, 7) is 1.99. The molecule has 5 nitrogen and oxygen atoms in total. The van der Waals surface area contributed by atoms with Crippen molar-refractivity contribution in [3.63, 3.8) is 0 Å². The second kappa shape index (κ2) is 7.51. The third-order valence-electron chi connectivity index (χ3n) is 3.34. The van der Waals surface area contributed by atoms with Gasteiger partial charge in [0, 0.05) is 16.9 Å². The van der Waals surface area contributed by atoms with Crippen molar-refractivity contribution < 1.29 is 4.79 Å². The highest BCUT2D eigenvalue weighted by Crippen LogP contribution is 2.25. The van der Waals surface area contributed by atoms with E-state index in [4.69, 9.17) is 23.2 Å². The maximum absolute atomic E-state index is 12.4. The quantitative estimate of drug-likeness (QED) is 0.669. The minimum Gasteiger partial charge on any atom is -0.324 e. The lowest BCUT2D eigenvalue weighted by molar-refractivity contribution is 0.102. The Morgan fingerprint density at radius 1 is 1.08 bits per heavy atom. The fourth-order valence-electron chi connectivity index (χ4n) is 2.17.